The largest absolute Gasteiger partial charge is 0.413 e. The molecule has 2 aliphatic rings. The Labute approximate surface area is 203 Å². The molecular formula is C27H30F3N3O2. The molecular weight excluding hydrogens is 455 g/mol. The van der Waals surface area contributed by atoms with E-state index in [2.05, 4.69) is 31.3 Å². The highest BCUT2D eigenvalue weighted by molar-refractivity contribution is 5.89. The molecule has 0 bridgehead atoms. The molecule has 2 amide bonds. The van der Waals surface area contributed by atoms with E-state index in [0.717, 1.165) is 25.2 Å². The van der Waals surface area contributed by atoms with Gasteiger partial charge in [-0.3, -0.25) is 9.59 Å². The van der Waals surface area contributed by atoms with Crippen molar-refractivity contribution in [3.63, 3.8) is 0 Å². The lowest BCUT2D eigenvalue weighted by Crippen LogP contribution is -2.39. The topological polar surface area (TPSA) is 52.7 Å². The molecule has 2 aromatic rings. The molecule has 8 heteroatoms. The number of anilines is 1. The fourth-order valence-corrected chi connectivity index (χ4v) is 5.04. The molecule has 1 fully saturated rings. The van der Waals surface area contributed by atoms with E-state index < -0.39 is 18.1 Å². The Balaban J connectivity index is 1.49. The van der Waals surface area contributed by atoms with Gasteiger partial charge >= 0.3 is 6.18 Å². The third kappa shape index (κ3) is 5.06. The fourth-order valence-electron chi connectivity index (χ4n) is 5.04. The zero-order valence-electron chi connectivity index (χ0n) is 20.1. The van der Waals surface area contributed by atoms with E-state index in [1.54, 1.807) is 12.1 Å². The van der Waals surface area contributed by atoms with Gasteiger partial charge in [0.1, 0.15) is 0 Å². The summed E-state index contributed by atoms with van der Waals surface area (Å²) < 4.78 is 42.0. The van der Waals surface area contributed by atoms with E-state index >= 15 is 0 Å². The number of alkyl halides is 3. The predicted octanol–water partition coefficient (Wildman–Crippen LogP) is 5.20. The van der Waals surface area contributed by atoms with Gasteiger partial charge in [-0.2, -0.15) is 13.2 Å². The number of hydrogen-bond donors (Lipinski definition) is 1. The molecule has 1 aliphatic heterocycles. The minimum atomic E-state index is -4.66. The molecule has 0 radical (unpaired) electrons. The number of hydrogen-bond acceptors (Lipinski definition) is 3. The van der Waals surface area contributed by atoms with Crippen LogP contribution in [0.4, 0.5) is 18.9 Å². The van der Waals surface area contributed by atoms with Crippen molar-refractivity contribution in [1.82, 2.24) is 9.80 Å². The summed E-state index contributed by atoms with van der Waals surface area (Å²) in [6.45, 7) is 4.79. The molecule has 0 saturated carbocycles. The molecule has 1 saturated heterocycles. The highest BCUT2D eigenvalue weighted by Crippen LogP contribution is 2.41. The van der Waals surface area contributed by atoms with Gasteiger partial charge in [0, 0.05) is 49.4 Å². The molecule has 0 spiro atoms. The predicted molar refractivity (Wildman–Crippen MR) is 129 cm³/mol. The molecule has 4 rings (SSSR count). The van der Waals surface area contributed by atoms with Crippen LogP contribution in [-0.2, 0) is 21.4 Å². The minimum Gasteiger partial charge on any atom is -0.381 e. The van der Waals surface area contributed by atoms with E-state index in [9.17, 15) is 22.8 Å². The Morgan fingerprint density at radius 2 is 1.86 bits per heavy atom. The number of likely N-dealkylation sites (N-methyl/N-ethyl adjacent to an activating group) is 1. The molecule has 2 atom stereocenters. The lowest BCUT2D eigenvalue weighted by Gasteiger charge is -2.31. The van der Waals surface area contributed by atoms with Gasteiger partial charge in [0.25, 0.3) is 0 Å². The second-order valence-electron chi connectivity index (χ2n) is 9.80. The SMILES string of the molecule is CN(C(=O)C=CN1CCCC1=O)C(c1ccc(NC2Cc3ccccc3C2(C)C)cc1)C(F)(F)F. The summed E-state index contributed by atoms with van der Waals surface area (Å²) >= 11 is 0. The van der Waals surface area contributed by atoms with E-state index in [0.29, 0.717) is 24.3 Å². The number of likely N-dealkylation sites (tertiary alicyclic amines) is 1. The van der Waals surface area contributed by atoms with Crippen LogP contribution in [0.25, 0.3) is 0 Å². The number of nitrogens with one attached hydrogen (secondary N) is 1. The molecule has 1 heterocycles. The van der Waals surface area contributed by atoms with E-state index in [1.807, 2.05) is 12.1 Å². The number of fused-ring (bicyclic) bond motifs is 1. The number of benzene rings is 2. The number of carbonyl (C=O) groups excluding carboxylic acids is 2. The Bertz CT molecular complexity index is 1130. The van der Waals surface area contributed by atoms with Gasteiger partial charge in [0.2, 0.25) is 11.8 Å². The van der Waals surface area contributed by atoms with Gasteiger partial charge in [-0.15, -0.1) is 0 Å². The van der Waals surface area contributed by atoms with Crippen LogP contribution in [0.15, 0.2) is 60.8 Å². The maximum absolute atomic E-state index is 14.0. The molecule has 2 unspecified atom stereocenters. The van der Waals surface area contributed by atoms with E-state index in [-0.39, 0.29) is 22.9 Å². The smallest absolute Gasteiger partial charge is 0.381 e. The summed E-state index contributed by atoms with van der Waals surface area (Å²) in [5.41, 5.74) is 3.11. The number of halogens is 3. The number of carbonyl (C=O) groups is 2. The number of nitrogens with zero attached hydrogens (tertiary/aromatic N) is 2. The van der Waals surface area contributed by atoms with Gasteiger partial charge in [0.05, 0.1) is 0 Å². The van der Waals surface area contributed by atoms with Crippen LogP contribution in [0.2, 0.25) is 0 Å². The number of amides is 2. The first-order chi connectivity index (χ1) is 16.5. The van der Waals surface area contributed by atoms with Gasteiger partial charge in [0.15, 0.2) is 6.04 Å². The van der Waals surface area contributed by atoms with Gasteiger partial charge in [-0.25, -0.2) is 0 Å². The van der Waals surface area contributed by atoms with Crippen molar-refractivity contribution in [3.05, 3.63) is 77.5 Å². The third-order valence-corrected chi connectivity index (χ3v) is 7.13. The van der Waals surface area contributed by atoms with E-state index in [4.69, 9.17) is 0 Å². The van der Waals surface area contributed by atoms with Crippen LogP contribution in [0.1, 0.15) is 49.4 Å². The Hall–Kier alpha value is -3.29. The van der Waals surface area contributed by atoms with E-state index in [1.165, 1.54) is 34.4 Å². The van der Waals surface area contributed by atoms with Gasteiger partial charge < -0.3 is 15.1 Å². The highest BCUT2D eigenvalue weighted by atomic mass is 19.4. The molecule has 35 heavy (non-hydrogen) atoms. The van der Waals surface area contributed by atoms with Crippen LogP contribution in [0.3, 0.4) is 0 Å². The van der Waals surface area contributed by atoms with Crippen LogP contribution < -0.4 is 5.32 Å². The molecule has 2 aromatic carbocycles. The summed E-state index contributed by atoms with van der Waals surface area (Å²) in [4.78, 5) is 26.2. The van der Waals surface area contributed by atoms with Crippen LogP contribution in [0, 0.1) is 0 Å². The second kappa shape index (κ2) is 9.40. The first-order valence-corrected chi connectivity index (χ1v) is 11.7. The Morgan fingerprint density at radius 1 is 1.17 bits per heavy atom. The quantitative estimate of drug-likeness (QED) is 0.573. The summed E-state index contributed by atoms with van der Waals surface area (Å²) in [6, 6.07) is 12.3. The zero-order chi connectivity index (χ0) is 25.4. The molecule has 5 nitrogen and oxygen atoms in total. The normalized spacial score (nSPS) is 20.2. The highest BCUT2D eigenvalue weighted by Gasteiger charge is 2.45. The van der Waals surface area contributed by atoms with Crippen molar-refractivity contribution in [2.45, 2.75) is 56.8 Å². The lowest BCUT2D eigenvalue weighted by atomic mass is 9.83. The standard InChI is InChI=1S/C27H30F3N3O2/c1-26(2)21-8-5-4-7-19(21)17-22(26)31-20-12-10-18(11-13-20)25(27(28,29)30)32(3)23(34)14-16-33-15-6-9-24(33)35/h4-5,7-8,10-14,16,22,25,31H,6,9,15,17H2,1-3H3. The fraction of sp³-hybridized carbons (Fsp3) is 0.407. The second-order valence-corrected chi connectivity index (χ2v) is 9.80. The first-order valence-electron chi connectivity index (χ1n) is 11.7. The lowest BCUT2D eigenvalue weighted by molar-refractivity contribution is -0.186. The Morgan fingerprint density at radius 3 is 2.46 bits per heavy atom. The average molecular weight is 486 g/mol. The first kappa shape index (κ1) is 24.8. The number of rotatable bonds is 6. The summed E-state index contributed by atoms with van der Waals surface area (Å²) in [5, 5.41) is 3.48. The van der Waals surface area contributed by atoms with Crippen molar-refractivity contribution in [3.8, 4) is 0 Å². The van der Waals surface area contributed by atoms with Crippen molar-refractivity contribution in [2.24, 2.45) is 0 Å². The third-order valence-electron chi connectivity index (χ3n) is 7.13. The average Bonchev–Trinajstić information content (AvgIpc) is 3.32. The van der Waals surface area contributed by atoms with Crippen molar-refractivity contribution in [2.75, 3.05) is 18.9 Å². The van der Waals surface area contributed by atoms with Gasteiger partial charge in [-0.1, -0.05) is 50.2 Å². The van der Waals surface area contributed by atoms with Crippen LogP contribution >= 0.6 is 0 Å². The summed E-state index contributed by atoms with van der Waals surface area (Å²) in [5.74, 6) is -0.958. The summed E-state index contributed by atoms with van der Waals surface area (Å²) in [7, 11) is 1.13. The molecule has 1 N–H and O–H groups in total. The molecule has 1 aliphatic carbocycles. The van der Waals surface area contributed by atoms with Crippen LogP contribution in [0.5, 0.6) is 0 Å². The monoisotopic (exact) mass is 485 g/mol. The van der Waals surface area contributed by atoms with Crippen molar-refractivity contribution >= 4 is 17.5 Å². The maximum Gasteiger partial charge on any atom is 0.413 e. The molecule has 0 aromatic heterocycles. The van der Waals surface area contributed by atoms with Crippen LogP contribution in [-0.4, -0.2) is 47.4 Å². The zero-order valence-corrected chi connectivity index (χ0v) is 20.1. The Kier molecular flexibility index (Phi) is 6.66. The molecule has 186 valence electrons. The van der Waals surface area contributed by atoms with Crippen molar-refractivity contribution < 1.29 is 22.8 Å². The minimum absolute atomic E-state index is 0.0292. The van der Waals surface area contributed by atoms with Crippen molar-refractivity contribution in [1.29, 1.82) is 0 Å². The van der Waals surface area contributed by atoms with Gasteiger partial charge in [-0.05, 0) is 41.7 Å². The summed E-state index contributed by atoms with van der Waals surface area (Å²) in [6.07, 6.45) is -0.481. The maximum atomic E-state index is 14.0.